The predicted octanol–water partition coefficient (Wildman–Crippen LogP) is 2.89. The molecule has 0 bridgehead atoms. The second kappa shape index (κ2) is 9.07. The normalized spacial score (nSPS) is 17.6. The van der Waals surface area contributed by atoms with Gasteiger partial charge in [-0.2, -0.15) is 4.31 Å². The molecule has 1 saturated heterocycles. The maximum atomic E-state index is 13.0. The van der Waals surface area contributed by atoms with Gasteiger partial charge in [-0.3, -0.25) is 4.79 Å². The Hall–Kier alpha value is -2.22. The van der Waals surface area contributed by atoms with Gasteiger partial charge < -0.3 is 10.2 Å². The van der Waals surface area contributed by atoms with Crippen molar-refractivity contribution in [2.45, 2.75) is 37.1 Å². The van der Waals surface area contributed by atoms with Crippen LogP contribution in [0.4, 0.5) is 5.69 Å². The Morgan fingerprint density at radius 1 is 1.10 bits per heavy atom. The fourth-order valence-electron chi connectivity index (χ4n) is 3.47. The summed E-state index contributed by atoms with van der Waals surface area (Å²) in [6.07, 6.45) is 2.14. The van der Waals surface area contributed by atoms with E-state index in [1.807, 2.05) is 45.3 Å². The molecule has 0 saturated carbocycles. The summed E-state index contributed by atoms with van der Waals surface area (Å²) < 4.78 is 27.4. The number of carbonyl (C=O) groups is 1. The highest BCUT2D eigenvalue weighted by Gasteiger charge is 2.39. The lowest BCUT2D eigenvalue weighted by Crippen LogP contribution is -2.43. The first-order chi connectivity index (χ1) is 13.8. The highest BCUT2D eigenvalue weighted by molar-refractivity contribution is 7.89. The van der Waals surface area contributed by atoms with E-state index in [4.69, 9.17) is 0 Å². The van der Waals surface area contributed by atoms with Crippen molar-refractivity contribution < 1.29 is 13.2 Å². The fourth-order valence-corrected chi connectivity index (χ4v) is 5.12. The van der Waals surface area contributed by atoms with Gasteiger partial charge in [0.25, 0.3) is 0 Å². The molecular weight excluding hydrogens is 386 g/mol. The topological polar surface area (TPSA) is 69.7 Å². The molecular formula is C22H29N3O3S. The number of nitrogens with zero attached hydrogens (tertiary/aromatic N) is 2. The summed E-state index contributed by atoms with van der Waals surface area (Å²) in [6.45, 7) is 3.23. The summed E-state index contributed by atoms with van der Waals surface area (Å²) in [5, 5.41) is 2.88. The van der Waals surface area contributed by atoms with Crippen molar-refractivity contribution in [2.75, 3.05) is 32.5 Å². The van der Waals surface area contributed by atoms with Crippen molar-refractivity contribution in [1.82, 2.24) is 9.21 Å². The van der Waals surface area contributed by atoms with E-state index in [1.54, 1.807) is 24.3 Å². The third kappa shape index (κ3) is 5.23. The molecule has 7 heteroatoms. The minimum Gasteiger partial charge on any atom is -0.325 e. The van der Waals surface area contributed by atoms with E-state index in [-0.39, 0.29) is 10.8 Å². The largest absolute Gasteiger partial charge is 0.325 e. The lowest BCUT2D eigenvalue weighted by atomic mass is 10.1. The van der Waals surface area contributed by atoms with Crippen molar-refractivity contribution in [3.05, 3.63) is 59.7 Å². The second-order valence-corrected chi connectivity index (χ2v) is 9.72. The quantitative estimate of drug-likeness (QED) is 0.755. The van der Waals surface area contributed by atoms with Gasteiger partial charge in [-0.25, -0.2) is 8.42 Å². The lowest BCUT2D eigenvalue weighted by molar-refractivity contribution is -0.119. The van der Waals surface area contributed by atoms with Gasteiger partial charge in [0.1, 0.15) is 6.04 Å². The van der Waals surface area contributed by atoms with Crippen LogP contribution in [-0.4, -0.2) is 56.8 Å². The molecule has 2 aromatic rings. The van der Waals surface area contributed by atoms with Gasteiger partial charge in [0.05, 0.1) is 4.90 Å². The molecule has 6 nitrogen and oxygen atoms in total. The molecule has 0 aliphatic carbocycles. The SMILES string of the molecule is Cc1ccc(S(=O)(=O)N2CCC[C@H]2C(=O)Nc2ccc(CCN(C)C)cc2)cc1. The minimum atomic E-state index is -3.70. The molecule has 3 rings (SSSR count). The molecule has 2 aromatic carbocycles. The number of likely N-dealkylation sites (N-methyl/N-ethyl adjacent to an activating group) is 1. The molecule has 0 spiro atoms. The van der Waals surface area contributed by atoms with Crippen LogP contribution in [0.2, 0.25) is 0 Å². The van der Waals surface area contributed by atoms with Gasteiger partial charge in [-0.1, -0.05) is 29.8 Å². The Balaban J connectivity index is 1.69. The smallest absolute Gasteiger partial charge is 0.243 e. The molecule has 0 radical (unpaired) electrons. The van der Waals surface area contributed by atoms with Crippen LogP contribution in [0.15, 0.2) is 53.4 Å². The molecule has 29 heavy (non-hydrogen) atoms. The van der Waals surface area contributed by atoms with E-state index in [9.17, 15) is 13.2 Å². The molecule has 1 heterocycles. The van der Waals surface area contributed by atoms with Crippen LogP contribution in [0.25, 0.3) is 0 Å². The number of carbonyl (C=O) groups excluding carboxylic acids is 1. The Kier molecular flexibility index (Phi) is 6.72. The van der Waals surface area contributed by atoms with Crippen LogP contribution in [0, 0.1) is 6.92 Å². The van der Waals surface area contributed by atoms with Crippen LogP contribution in [0.3, 0.4) is 0 Å². The average molecular weight is 416 g/mol. The van der Waals surface area contributed by atoms with Gasteiger partial charge in [0, 0.05) is 18.8 Å². The van der Waals surface area contributed by atoms with E-state index in [1.165, 1.54) is 9.87 Å². The van der Waals surface area contributed by atoms with Crippen LogP contribution in [-0.2, 0) is 21.2 Å². The first kappa shape index (κ1) is 21.5. The van der Waals surface area contributed by atoms with Crippen molar-refractivity contribution >= 4 is 21.6 Å². The second-order valence-electron chi connectivity index (χ2n) is 7.83. The Morgan fingerprint density at radius 2 is 1.76 bits per heavy atom. The first-order valence-corrected chi connectivity index (χ1v) is 11.3. The summed E-state index contributed by atoms with van der Waals surface area (Å²) in [5.41, 5.74) is 2.87. The number of sulfonamides is 1. The molecule has 0 aromatic heterocycles. The number of aryl methyl sites for hydroxylation is 1. The van der Waals surface area contributed by atoms with Crippen molar-refractivity contribution in [3.63, 3.8) is 0 Å². The van der Waals surface area contributed by atoms with E-state index in [0.717, 1.165) is 18.5 Å². The van der Waals surface area contributed by atoms with Gasteiger partial charge >= 0.3 is 0 Å². The van der Waals surface area contributed by atoms with E-state index in [0.29, 0.717) is 25.1 Å². The lowest BCUT2D eigenvalue weighted by Gasteiger charge is -2.23. The van der Waals surface area contributed by atoms with E-state index >= 15 is 0 Å². The Bertz CT molecular complexity index is 938. The summed E-state index contributed by atoms with van der Waals surface area (Å²) in [5.74, 6) is -0.278. The van der Waals surface area contributed by atoms with Crippen LogP contribution in [0.1, 0.15) is 24.0 Å². The summed E-state index contributed by atoms with van der Waals surface area (Å²) >= 11 is 0. The number of hydrogen-bond donors (Lipinski definition) is 1. The number of rotatable bonds is 7. The average Bonchev–Trinajstić information content (AvgIpc) is 3.19. The van der Waals surface area contributed by atoms with Crippen LogP contribution in [0.5, 0.6) is 0 Å². The van der Waals surface area contributed by atoms with Gasteiger partial charge in [-0.05, 0) is 70.1 Å². The molecule has 1 amide bonds. The fraction of sp³-hybridized carbons (Fsp3) is 0.409. The standard InChI is InChI=1S/C22H29N3O3S/c1-17-6-12-20(13-7-17)29(27,28)25-15-4-5-21(25)22(26)23-19-10-8-18(9-11-19)14-16-24(2)3/h6-13,21H,4-5,14-16H2,1-3H3,(H,23,26)/t21-/m0/s1. The zero-order valence-electron chi connectivity index (χ0n) is 17.3. The third-order valence-corrected chi connectivity index (χ3v) is 7.13. The molecule has 1 aliphatic rings. The predicted molar refractivity (Wildman–Crippen MR) is 115 cm³/mol. The minimum absolute atomic E-state index is 0.230. The zero-order chi connectivity index (χ0) is 21.0. The Labute approximate surface area is 173 Å². The van der Waals surface area contributed by atoms with E-state index in [2.05, 4.69) is 10.2 Å². The van der Waals surface area contributed by atoms with Gasteiger partial charge in [-0.15, -0.1) is 0 Å². The number of anilines is 1. The maximum absolute atomic E-state index is 13.0. The number of amides is 1. The summed E-state index contributed by atoms with van der Waals surface area (Å²) in [6, 6.07) is 13.8. The number of nitrogens with one attached hydrogen (secondary N) is 1. The van der Waals surface area contributed by atoms with Crippen molar-refractivity contribution in [1.29, 1.82) is 0 Å². The maximum Gasteiger partial charge on any atom is 0.243 e. The van der Waals surface area contributed by atoms with Crippen LogP contribution < -0.4 is 5.32 Å². The highest BCUT2D eigenvalue weighted by atomic mass is 32.2. The monoisotopic (exact) mass is 415 g/mol. The third-order valence-electron chi connectivity index (χ3n) is 5.20. The van der Waals surface area contributed by atoms with Gasteiger partial charge in [0.2, 0.25) is 15.9 Å². The van der Waals surface area contributed by atoms with Crippen molar-refractivity contribution in [2.24, 2.45) is 0 Å². The molecule has 1 atom stereocenters. The first-order valence-electron chi connectivity index (χ1n) is 9.90. The summed E-state index contributed by atoms with van der Waals surface area (Å²) in [7, 11) is 0.372. The van der Waals surface area contributed by atoms with Crippen molar-refractivity contribution in [3.8, 4) is 0 Å². The highest BCUT2D eigenvalue weighted by Crippen LogP contribution is 2.27. The van der Waals surface area contributed by atoms with E-state index < -0.39 is 16.1 Å². The molecule has 1 fully saturated rings. The van der Waals surface area contributed by atoms with Crippen LogP contribution >= 0.6 is 0 Å². The van der Waals surface area contributed by atoms with Gasteiger partial charge in [0.15, 0.2) is 0 Å². The zero-order valence-corrected chi connectivity index (χ0v) is 18.1. The molecule has 1 aliphatic heterocycles. The summed E-state index contributed by atoms with van der Waals surface area (Å²) in [4.78, 5) is 15.2. The number of benzene rings is 2. The molecule has 156 valence electrons. The molecule has 0 unspecified atom stereocenters. The Morgan fingerprint density at radius 3 is 2.38 bits per heavy atom. The molecule has 1 N–H and O–H groups in total. The number of hydrogen-bond acceptors (Lipinski definition) is 4.